The number of benzene rings is 4. The predicted molar refractivity (Wildman–Crippen MR) is 234 cm³/mol. The Morgan fingerprint density at radius 2 is 0.969 bits per heavy atom. The van der Waals surface area contributed by atoms with Crippen molar-refractivity contribution < 1.29 is 23.0 Å². The first-order valence-electron chi connectivity index (χ1n) is 20.5. The maximum absolute atomic E-state index is 14.1. The standard InChI is InChI=1S/C47H38F2N10O5/c1-27-7-3-5-9-37(27)58-39(60)21-19-35(52-58)41-43(29-11-15-31(48)16-12-29)54-56-25-33(23-50-45(41)56)63-47(62)64-34-24-51-46-42(44(55-57(46)26-34)30-13-17-32(49)18-14-30)36-20-22-40(61)59(53-36)38-10-6-4-8-28(38)2/h3-22,33-34,50-51H,23-26H2,1-2H3. The third-order valence-corrected chi connectivity index (χ3v) is 11.2. The minimum Gasteiger partial charge on any atom is -0.427 e. The molecule has 0 saturated heterocycles. The van der Waals surface area contributed by atoms with E-state index in [1.54, 1.807) is 45.8 Å². The zero-order valence-electron chi connectivity index (χ0n) is 34.4. The molecule has 17 heteroatoms. The first-order chi connectivity index (χ1) is 31.1. The Bertz CT molecular complexity index is 3000. The van der Waals surface area contributed by atoms with E-state index >= 15 is 0 Å². The van der Waals surface area contributed by atoms with Gasteiger partial charge in [-0.05, 0) is 97.8 Å². The molecular formula is C47H38F2N10O5. The second kappa shape index (κ2) is 16.2. The van der Waals surface area contributed by atoms with Crippen LogP contribution in [-0.4, -0.2) is 70.6 Å². The number of para-hydroxylation sites is 2. The van der Waals surface area contributed by atoms with Crippen LogP contribution >= 0.6 is 0 Å². The normalized spacial score (nSPS) is 15.4. The summed E-state index contributed by atoms with van der Waals surface area (Å²) in [5.74, 6) is 0.341. The van der Waals surface area contributed by atoms with E-state index in [1.165, 1.54) is 45.8 Å². The Labute approximate surface area is 363 Å². The van der Waals surface area contributed by atoms with Crippen molar-refractivity contribution in [1.82, 2.24) is 39.1 Å². The molecule has 2 aliphatic rings. The minimum atomic E-state index is -0.901. The number of aryl methyl sites for hydroxylation is 2. The summed E-state index contributed by atoms with van der Waals surface area (Å²) in [5, 5.41) is 25.9. The van der Waals surface area contributed by atoms with E-state index in [1.807, 2.05) is 62.4 Å². The average Bonchev–Trinajstić information content (AvgIpc) is 3.86. The summed E-state index contributed by atoms with van der Waals surface area (Å²) in [6, 6.07) is 32.8. The molecule has 0 radical (unpaired) electrons. The summed E-state index contributed by atoms with van der Waals surface area (Å²) in [6.45, 7) is 4.48. The fraction of sp³-hybridized carbons (Fsp3) is 0.170. The Morgan fingerprint density at radius 3 is 1.38 bits per heavy atom. The highest BCUT2D eigenvalue weighted by Gasteiger charge is 2.33. The third-order valence-electron chi connectivity index (χ3n) is 11.2. The van der Waals surface area contributed by atoms with Crippen LogP contribution in [0.15, 0.2) is 131 Å². The van der Waals surface area contributed by atoms with Crippen molar-refractivity contribution in [3.63, 3.8) is 0 Å². The third kappa shape index (κ3) is 7.46. The van der Waals surface area contributed by atoms with E-state index in [-0.39, 0.29) is 37.3 Å². The van der Waals surface area contributed by atoms with Gasteiger partial charge in [0.2, 0.25) is 0 Å². The van der Waals surface area contributed by atoms with E-state index in [0.717, 1.165) is 11.1 Å². The molecule has 0 bridgehead atoms. The molecule has 2 aliphatic heterocycles. The number of carbonyl (C=O) groups excluding carboxylic acids is 1. The van der Waals surface area contributed by atoms with Gasteiger partial charge < -0.3 is 20.1 Å². The van der Waals surface area contributed by atoms with Gasteiger partial charge in [-0.25, -0.2) is 22.9 Å². The summed E-state index contributed by atoms with van der Waals surface area (Å²) in [4.78, 5) is 39.6. The minimum absolute atomic E-state index is 0.150. The van der Waals surface area contributed by atoms with Crippen LogP contribution < -0.4 is 21.8 Å². The lowest BCUT2D eigenvalue weighted by molar-refractivity contribution is -0.00739. The smallest absolute Gasteiger partial charge is 0.427 e. The van der Waals surface area contributed by atoms with Gasteiger partial charge in [0.1, 0.15) is 46.9 Å². The molecular weight excluding hydrogens is 823 g/mol. The van der Waals surface area contributed by atoms with Crippen molar-refractivity contribution >= 4 is 17.8 Å². The van der Waals surface area contributed by atoms with Crippen LogP contribution in [0, 0.1) is 25.5 Å². The first-order valence-corrected chi connectivity index (χ1v) is 20.5. The monoisotopic (exact) mass is 860 g/mol. The topological polar surface area (TPSA) is 165 Å². The Hall–Kier alpha value is -8.21. The average molecular weight is 861 g/mol. The molecule has 2 unspecified atom stereocenters. The number of ether oxygens (including phenoxy) is 2. The zero-order chi connectivity index (χ0) is 44.1. The number of halogens is 2. The number of hydrogen-bond donors (Lipinski definition) is 2. The van der Waals surface area contributed by atoms with E-state index in [2.05, 4.69) is 10.6 Å². The van der Waals surface area contributed by atoms with Crippen LogP contribution in [0.2, 0.25) is 0 Å². The van der Waals surface area contributed by atoms with Crippen LogP contribution in [0.5, 0.6) is 0 Å². The highest BCUT2D eigenvalue weighted by atomic mass is 19.1. The molecule has 0 fully saturated rings. The van der Waals surface area contributed by atoms with Gasteiger partial charge in [-0.15, -0.1) is 0 Å². The molecule has 2 N–H and O–H groups in total. The summed E-state index contributed by atoms with van der Waals surface area (Å²) in [5.41, 5.74) is 6.63. The SMILES string of the molecule is Cc1ccccc1-n1nc(-c2c(-c3ccc(F)cc3)nn3c2NCC(OC(=O)OC2CNc4c(-c5ccc(=O)n(-c6ccccc6C)n5)c(-c5ccc(F)cc5)nn4C2)C3)ccc1=O. The number of rotatable bonds is 8. The lowest BCUT2D eigenvalue weighted by Crippen LogP contribution is -2.40. The Kier molecular flexibility index (Phi) is 10.1. The van der Waals surface area contributed by atoms with E-state index in [9.17, 15) is 23.2 Å². The number of fused-ring (bicyclic) bond motifs is 2. The van der Waals surface area contributed by atoms with E-state index in [4.69, 9.17) is 29.9 Å². The molecule has 0 spiro atoms. The molecule has 0 amide bonds. The van der Waals surface area contributed by atoms with Crippen molar-refractivity contribution in [2.24, 2.45) is 0 Å². The molecule has 0 aliphatic carbocycles. The number of nitrogens with zero attached hydrogens (tertiary/aromatic N) is 8. The van der Waals surface area contributed by atoms with Gasteiger partial charge >= 0.3 is 6.16 Å². The number of nitrogens with one attached hydrogen (secondary N) is 2. The van der Waals surface area contributed by atoms with Crippen LogP contribution in [0.4, 0.5) is 25.2 Å². The molecule has 4 aromatic heterocycles. The molecule has 64 heavy (non-hydrogen) atoms. The van der Waals surface area contributed by atoms with Crippen LogP contribution in [0.25, 0.3) is 56.4 Å². The number of hydrogen-bond acceptors (Lipinski definition) is 11. The highest BCUT2D eigenvalue weighted by Crippen LogP contribution is 2.40. The summed E-state index contributed by atoms with van der Waals surface area (Å²) in [7, 11) is 0. The fourth-order valence-electron chi connectivity index (χ4n) is 8.08. The number of anilines is 2. The van der Waals surface area contributed by atoms with Crippen molar-refractivity contribution in [3.8, 4) is 56.4 Å². The maximum Gasteiger partial charge on any atom is 0.509 e. The summed E-state index contributed by atoms with van der Waals surface area (Å²) < 4.78 is 45.8. The number of carbonyl (C=O) groups is 1. The fourth-order valence-corrected chi connectivity index (χ4v) is 8.08. The van der Waals surface area contributed by atoms with Crippen molar-refractivity contribution in [3.05, 3.63) is 165 Å². The molecule has 0 saturated carbocycles. The molecule has 6 heterocycles. The second-order valence-electron chi connectivity index (χ2n) is 15.5. The van der Waals surface area contributed by atoms with Gasteiger partial charge in [-0.3, -0.25) is 9.59 Å². The molecule has 10 rings (SSSR count). The van der Waals surface area contributed by atoms with Gasteiger partial charge in [0.25, 0.3) is 11.1 Å². The predicted octanol–water partition coefficient (Wildman–Crippen LogP) is 7.18. The lowest BCUT2D eigenvalue weighted by atomic mass is 10.0. The summed E-state index contributed by atoms with van der Waals surface area (Å²) in [6.07, 6.45) is -2.31. The van der Waals surface area contributed by atoms with Gasteiger partial charge in [-0.1, -0.05) is 36.4 Å². The van der Waals surface area contributed by atoms with Gasteiger partial charge in [0.15, 0.2) is 0 Å². The Balaban J connectivity index is 0.903. The van der Waals surface area contributed by atoms with Crippen molar-refractivity contribution in [1.29, 1.82) is 0 Å². The van der Waals surface area contributed by atoms with Crippen LogP contribution in [0.1, 0.15) is 11.1 Å². The van der Waals surface area contributed by atoms with Gasteiger partial charge in [-0.2, -0.15) is 29.8 Å². The highest BCUT2D eigenvalue weighted by molar-refractivity contribution is 5.89. The zero-order valence-corrected chi connectivity index (χ0v) is 34.4. The van der Waals surface area contributed by atoms with Crippen LogP contribution in [0.3, 0.4) is 0 Å². The molecule has 4 aromatic carbocycles. The van der Waals surface area contributed by atoms with Crippen molar-refractivity contribution in [2.45, 2.75) is 39.1 Å². The molecule has 320 valence electrons. The molecule has 8 aromatic rings. The maximum atomic E-state index is 14.1. The van der Waals surface area contributed by atoms with Crippen molar-refractivity contribution in [2.75, 3.05) is 23.7 Å². The van der Waals surface area contributed by atoms with E-state index < -0.39 is 30.0 Å². The van der Waals surface area contributed by atoms with E-state index in [0.29, 0.717) is 68.0 Å². The lowest BCUT2D eigenvalue weighted by Gasteiger charge is -2.28. The van der Waals surface area contributed by atoms with Gasteiger partial charge in [0, 0.05) is 23.3 Å². The molecule has 15 nitrogen and oxygen atoms in total. The Morgan fingerprint density at radius 1 is 0.562 bits per heavy atom. The van der Waals surface area contributed by atoms with Gasteiger partial charge in [0.05, 0.1) is 60.1 Å². The summed E-state index contributed by atoms with van der Waals surface area (Å²) >= 11 is 0. The first kappa shape index (κ1) is 39.9. The largest absolute Gasteiger partial charge is 0.509 e. The quantitative estimate of drug-likeness (QED) is 0.149. The number of aromatic nitrogens is 8. The van der Waals surface area contributed by atoms with Crippen LogP contribution in [-0.2, 0) is 22.6 Å². The molecule has 2 atom stereocenters. The second-order valence-corrected chi connectivity index (χ2v) is 15.5.